The molecular weight excluding hydrogens is 488 g/mol. The first kappa shape index (κ1) is 26.0. The van der Waals surface area contributed by atoms with Crippen LogP contribution in [0.2, 0.25) is 0 Å². The van der Waals surface area contributed by atoms with Gasteiger partial charge in [0.2, 0.25) is 5.95 Å². The third kappa shape index (κ3) is 5.06. The van der Waals surface area contributed by atoms with Crippen LogP contribution in [-0.4, -0.2) is 85.6 Å². The zero-order chi connectivity index (χ0) is 26.8. The molecule has 2 aliphatic rings. The van der Waals surface area contributed by atoms with E-state index >= 15 is 0 Å². The largest absolute Gasteiger partial charge is 0.341 e. The molecule has 13 nitrogen and oxygen atoms in total. The van der Waals surface area contributed by atoms with Crippen molar-refractivity contribution in [2.75, 3.05) is 55.6 Å². The van der Waals surface area contributed by atoms with Crippen molar-refractivity contribution < 1.29 is 4.52 Å². The maximum Gasteiger partial charge on any atom is 0.332 e. The molecule has 5 rings (SSSR count). The Balaban J connectivity index is 1.34. The molecular formula is C25H36N10O3. The lowest BCUT2D eigenvalue weighted by Crippen LogP contribution is -2.47. The zero-order valence-electron chi connectivity index (χ0n) is 22.4. The number of fused-ring (bicyclic) bond motifs is 1. The van der Waals surface area contributed by atoms with Crippen LogP contribution in [0, 0.1) is 18.8 Å². The Labute approximate surface area is 220 Å². The monoisotopic (exact) mass is 524 g/mol. The number of rotatable bonds is 7. The molecule has 0 radical (unpaired) electrons. The van der Waals surface area contributed by atoms with E-state index in [-0.39, 0.29) is 17.3 Å². The van der Waals surface area contributed by atoms with E-state index in [1.54, 1.807) is 20.9 Å². The second kappa shape index (κ2) is 11.0. The summed E-state index contributed by atoms with van der Waals surface area (Å²) < 4.78 is 9.94. The van der Waals surface area contributed by atoms with Crippen LogP contribution >= 0.6 is 0 Å². The lowest BCUT2D eigenvalue weighted by Gasteiger charge is -2.33. The van der Waals surface area contributed by atoms with Gasteiger partial charge in [-0.25, -0.2) is 4.79 Å². The van der Waals surface area contributed by atoms with Gasteiger partial charge in [-0.1, -0.05) is 11.1 Å². The Morgan fingerprint density at radius 2 is 1.84 bits per heavy atom. The van der Waals surface area contributed by atoms with Crippen molar-refractivity contribution >= 4 is 23.1 Å². The van der Waals surface area contributed by atoms with Crippen molar-refractivity contribution in [1.29, 1.82) is 0 Å². The summed E-state index contributed by atoms with van der Waals surface area (Å²) in [6, 6.07) is 0.605. The van der Waals surface area contributed by atoms with Crippen molar-refractivity contribution in [2.24, 2.45) is 12.8 Å². The van der Waals surface area contributed by atoms with Crippen LogP contribution < -0.4 is 26.8 Å². The van der Waals surface area contributed by atoms with Crippen LogP contribution in [0.4, 0.5) is 12.0 Å². The van der Waals surface area contributed by atoms with Crippen LogP contribution in [0.25, 0.3) is 11.2 Å². The van der Waals surface area contributed by atoms with Gasteiger partial charge >= 0.3 is 11.7 Å². The third-order valence-electron chi connectivity index (χ3n) is 7.38. The Kier molecular flexibility index (Phi) is 7.53. The first-order valence-corrected chi connectivity index (χ1v) is 13.2. The van der Waals surface area contributed by atoms with E-state index in [1.807, 2.05) is 4.57 Å². The first-order valence-electron chi connectivity index (χ1n) is 13.2. The summed E-state index contributed by atoms with van der Waals surface area (Å²) in [4.78, 5) is 42.5. The van der Waals surface area contributed by atoms with E-state index in [0.29, 0.717) is 55.0 Å². The number of hydrogen-bond acceptors (Lipinski definition) is 10. The van der Waals surface area contributed by atoms with E-state index in [9.17, 15) is 9.59 Å². The fourth-order valence-electron chi connectivity index (χ4n) is 5.33. The Morgan fingerprint density at radius 1 is 1.05 bits per heavy atom. The zero-order valence-corrected chi connectivity index (χ0v) is 22.4. The molecule has 3 aromatic heterocycles. The van der Waals surface area contributed by atoms with Crippen LogP contribution in [0.1, 0.15) is 32.0 Å². The van der Waals surface area contributed by atoms with Gasteiger partial charge in [0.25, 0.3) is 5.56 Å². The topological polar surface area (TPSA) is 136 Å². The summed E-state index contributed by atoms with van der Waals surface area (Å²) in [6.07, 6.45) is 2.59. The summed E-state index contributed by atoms with van der Waals surface area (Å²) in [7, 11) is 1.67. The summed E-state index contributed by atoms with van der Waals surface area (Å²) in [5.74, 6) is 7.26. The molecule has 2 fully saturated rings. The van der Waals surface area contributed by atoms with Gasteiger partial charge < -0.3 is 20.1 Å². The SMILES string of the molecule is CC#CCn1c(N2CCC[C@@H](N)C2)nc2c1c(=O)n(CCCN1CCN(c3nc(C)no3)CC1)c(=O)n2C. The van der Waals surface area contributed by atoms with Crippen molar-refractivity contribution in [3.8, 4) is 11.8 Å². The molecule has 0 amide bonds. The van der Waals surface area contributed by atoms with Gasteiger partial charge in [0.15, 0.2) is 17.0 Å². The number of piperidine rings is 1. The highest BCUT2D eigenvalue weighted by atomic mass is 16.5. The normalized spacial score (nSPS) is 18.7. The lowest BCUT2D eigenvalue weighted by molar-refractivity contribution is 0.242. The molecule has 0 aliphatic carbocycles. The lowest BCUT2D eigenvalue weighted by atomic mass is 10.1. The number of aromatic nitrogens is 6. The number of imidazole rings is 1. The van der Waals surface area contributed by atoms with Gasteiger partial charge in [0, 0.05) is 58.9 Å². The molecule has 2 aliphatic heterocycles. The average Bonchev–Trinajstić information content (AvgIpc) is 3.52. The highest BCUT2D eigenvalue weighted by molar-refractivity contribution is 5.75. The number of nitrogens with zero attached hydrogens (tertiary/aromatic N) is 9. The third-order valence-corrected chi connectivity index (χ3v) is 7.38. The fraction of sp³-hybridized carbons (Fsp3) is 0.640. The minimum Gasteiger partial charge on any atom is -0.341 e. The van der Waals surface area contributed by atoms with Crippen LogP contribution in [0.15, 0.2) is 14.1 Å². The maximum absolute atomic E-state index is 13.7. The van der Waals surface area contributed by atoms with Gasteiger partial charge in [-0.3, -0.25) is 23.4 Å². The molecule has 0 spiro atoms. The highest BCUT2D eigenvalue weighted by Gasteiger charge is 2.26. The fourth-order valence-corrected chi connectivity index (χ4v) is 5.33. The molecule has 0 unspecified atom stereocenters. The number of aryl methyl sites for hydroxylation is 2. The van der Waals surface area contributed by atoms with E-state index in [2.05, 4.69) is 36.7 Å². The molecule has 3 aromatic rings. The van der Waals surface area contributed by atoms with Crippen LogP contribution in [-0.2, 0) is 20.1 Å². The number of anilines is 2. The minimum absolute atomic E-state index is 0.0488. The summed E-state index contributed by atoms with van der Waals surface area (Å²) in [6.45, 7) is 9.74. The molecule has 5 heterocycles. The van der Waals surface area contributed by atoms with E-state index in [1.165, 1.54) is 9.13 Å². The second-order valence-electron chi connectivity index (χ2n) is 10.1. The van der Waals surface area contributed by atoms with Crippen molar-refractivity contribution in [3.05, 3.63) is 26.7 Å². The summed E-state index contributed by atoms with van der Waals surface area (Å²) in [5, 5.41) is 3.87. The minimum atomic E-state index is -0.354. The number of nitrogens with two attached hydrogens (primary N) is 1. The molecule has 13 heteroatoms. The Bertz CT molecular complexity index is 1460. The van der Waals surface area contributed by atoms with E-state index < -0.39 is 0 Å². The van der Waals surface area contributed by atoms with Crippen molar-refractivity contribution in [2.45, 2.75) is 52.2 Å². The predicted molar refractivity (Wildman–Crippen MR) is 144 cm³/mol. The molecule has 38 heavy (non-hydrogen) atoms. The highest BCUT2D eigenvalue weighted by Crippen LogP contribution is 2.23. The Morgan fingerprint density at radius 3 is 2.53 bits per heavy atom. The average molecular weight is 525 g/mol. The smallest absolute Gasteiger partial charge is 0.332 e. The Hall–Kier alpha value is -3.63. The van der Waals surface area contributed by atoms with Crippen molar-refractivity contribution in [1.82, 2.24) is 33.7 Å². The number of hydrogen-bond donors (Lipinski definition) is 1. The molecule has 0 bridgehead atoms. The first-order chi connectivity index (χ1) is 18.4. The quantitative estimate of drug-likeness (QED) is 0.412. The second-order valence-corrected chi connectivity index (χ2v) is 10.1. The van der Waals surface area contributed by atoms with Crippen molar-refractivity contribution in [3.63, 3.8) is 0 Å². The van der Waals surface area contributed by atoms with Gasteiger partial charge in [-0.15, -0.1) is 5.92 Å². The molecule has 2 N–H and O–H groups in total. The van der Waals surface area contributed by atoms with Gasteiger partial charge in [-0.2, -0.15) is 9.97 Å². The molecule has 204 valence electrons. The summed E-state index contributed by atoms with van der Waals surface area (Å²) >= 11 is 0. The standard InChI is InChI=1S/C25H36N10O3/c1-4-5-11-34-20-21(28-23(34)33-10-6-8-19(26)17-33)30(3)25(37)35(22(20)36)12-7-9-31-13-15-32(16-14-31)24-27-18(2)29-38-24/h19H,6-17,26H2,1-3H3/t19-/m1/s1. The van der Waals surface area contributed by atoms with Gasteiger partial charge in [0.1, 0.15) is 0 Å². The maximum atomic E-state index is 13.7. The molecule has 2 saturated heterocycles. The van der Waals surface area contributed by atoms with E-state index in [4.69, 9.17) is 15.2 Å². The summed E-state index contributed by atoms with van der Waals surface area (Å²) in [5.41, 5.74) is 6.34. The van der Waals surface area contributed by atoms with Gasteiger partial charge in [0.05, 0.1) is 6.54 Å². The van der Waals surface area contributed by atoms with Crippen LogP contribution in [0.3, 0.4) is 0 Å². The van der Waals surface area contributed by atoms with E-state index in [0.717, 1.165) is 52.1 Å². The van der Waals surface area contributed by atoms with Gasteiger partial charge in [-0.05, 0) is 39.7 Å². The molecule has 0 saturated carbocycles. The molecule has 0 aromatic carbocycles. The molecule has 1 atom stereocenters. The van der Waals surface area contributed by atoms with Crippen LogP contribution in [0.5, 0.6) is 0 Å². The predicted octanol–water partition coefficient (Wildman–Crippen LogP) is -0.249. The number of piperazine rings is 1.